The lowest BCUT2D eigenvalue weighted by atomic mass is 9.95. The average molecular weight is 561 g/mol. The van der Waals surface area contributed by atoms with Gasteiger partial charge in [-0.2, -0.15) is 10.1 Å². The highest BCUT2D eigenvalue weighted by atomic mass is 31.2. The maximum atomic E-state index is 13.8. The topological polar surface area (TPSA) is 193 Å². The fraction of sp³-hybridized carbons (Fsp3) is 0.417. The highest BCUT2D eigenvalue weighted by Crippen LogP contribution is 2.47. The van der Waals surface area contributed by atoms with Gasteiger partial charge in [0, 0.05) is 0 Å². The standard InChI is InChI=1S/C24H29N6O8P/c1-5-24(33)19(31)18(37-22(24)30-13-27-17-11-26-23(25)28-20(17)30)12-35-39(34,38-16-9-7-6-8-10-16)29-15(4)21(32)36-14(2)3/h1,6-11,13-15,18-19,22,31,33H,12H2,2-4H3,(H,29,34)(H2,25,26,28)/t15-,18+,19-,22+,24?,39?/m0/s1. The van der Waals surface area contributed by atoms with Gasteiger partial charge in [0.15, 0.2) is 17.5 Å². The Morgan fingerprint density at radius 2 is 2.05 bits per heavy atom. The van der Waals surface area contributed by atoms with Gasteiger partial charge in [-0.3, -0.25) is 13.9 Å². The van der Waals surface area contributed by atoms with Crippen molar-refractivity contribution in [1.29, 1.82) is 0 Å². The molecule has 0 bridgehead atoms. The van der Waals surface area contributed by atoms with E-state index in [9.17, 15) is 19.6 Å². The number of nitrogens with two attached hydrogens (primary N) is 1. The van der Waals surface area contributed by atoms with Crippen molar-refractivity contribution in [3.05, 3.63) is 42.9 Å². The van der Waals surface area contributed by atoms with Gasteiger partial charge in [0.1, 0.15) is 29.5 Å². The smallest absolute Gasteiger partial charge is 0.459 e. The van der Waals surface area contributed by atoms with Crippen LogP contribution in [-0.2, 0) is 23.4 Å². The summed E-state index contributed by atoms with van der Waals surface area (Å²) in [5, 5.41) is 24.7. The van der Waals surface area contributed by atoms with E-state index in [1.54, 1.807) is 44.2 Å². The Bertz CT molecular complexity index is 1410. The third-order valence-corrected chi connectivity index (χ3v) is 7.38. The first-order chi connectivity index (χ1) is 18.5. The number of nitrogens with one attached hydrogen (secondary N) is 1. The predicted molar refractivity (Wildman–Crippen MR) is 138 cm³/mol. The number of anilines is 1. The van der Waals surface area contributed by atoms with Crippen LogP contribution in [0.25, 0.3) is 11.2 Å². The Morgan fingerprint density at radius 3 is 2.72 bits per heavy atom. The van der Waals surface area contributed by atoms with Gasteiger partial charge in [0.25, 0.3) is 0 Å². The molecule has 208 valence electrons. The van der Waals surface area contributed by atoms with Crippen molar-refractivity contribution < 1.29 is 38.1 Å². The van der Waals surface area contributed by atoms with Crippen LogP contribution in [0.5, 0.6) is 5.75 Å². The molecule has 3 aromatic rings. The number of aromatic nitrogens is 4. The van der Waals surface area contributed by atoms with E-state index < -0.39 is 56.5 Å². The number of para-hydroxylation sites is 1. The average Bonchev–Trinajstić information content (AvgIpc) is 3.41. The molecule has 0 saturated carbocycles. The summed E-state index contributed by atoms with van der Waals surface area (Å²) in [7, 11) is -4.28. The second kappa shape index (κ2) is 11.3. The summed E-state index contributed by atoms with van der Waals surface area (Å²) in [6, 6.07) is 7.04. The summed E-state index contributed by atoms with van der Waals surface area (Å²) in [5.74, 6) is 1.61. The van der Waals surface area contributed by atoms with E-state index in [0.717, 1.165) is 0 Å². The lowest BCUT2D eigenvalue weighted by molar-refractivity contribution is -0.149. The third kappa shape index (κ3) is 6.04. The molecule has 0 radical (unpaired) electrons. The lowest BCUT2D eigenvalue weighted by Gasteiger charge is -2.26. The molecule has 14 nitrogen and oxygen atoms in total. The molecule has 1 saturated heterocycles. The minimum Gasteiger partial charge on any atom is -0.462 e. The van der Waals surface area contributed by atoms with Crippen LogP contribution in [0.15, 0.2) is 42.9 Å². The molecule has 2 unspecified atom stereocenters. The molecule has 6 atom stereocenters. The first kappa shape index (κ1) is 28.4. The SMILES string of the molecule is C#CC1(O)[C@@H](O)[C@@H](COP(=O)(N[C@@H](C)C(=O)OC(C)C)Oc2ccccc2)O[C@H]1n1cnc2cnc(N)nc21. The van der Waals surface area contributed by atoms with Gasteiger partial charge in [0.2, 0.25) is 5.95 Å². The Labute approximate surface area is 224 Å². The number of rotatable bonds is 10. The quantitative estimate of drug-likeness (QED) is 0.157. The number of aliphatic hydroxyl groups excluding tert-OH is 1. The zero-order chi connectivity index (χ0) is 28.4. The van der Waals surface area contributed by atoms with Crippen molar-refractivity contribution in [2.45, 2.75) is 57.0 Å². The van der Waals surface area contributed by atoms with Crippen LogP contribution in [0.1, 0.15) is 27.0 Å². The van der Waals surface area contributed by atoms with Crippen LogP contribution in [0.4, 0.5) is 5.95 Å². The van der Waals surface area contributed by atoms with E-state index in [1.165, 1.54) is 24.0 Å². The van der Waals surface area contributed by atoms with E-state index in [1.807, 2.05) is 0 Å². The molecule has 0 aliphatic carbocycles. The molecule has 5 N–H and O–H groups in total. The molecule has 0 spiro atoms. The zero-order valence-corrected chi connectivity index (χ0v) is 22.3. The van der Waals surface area contributed by atoms with Gasteiger partial charge in [-0.05, 0) is 32.9 Å². The van der Waals surface area contributed by atoms with E-state index in [2.05, 4.69) is 26.0 Å². The molecule has 3 heterocycles. The number of carbonyl (C=O) groups excluding carboxylic acids is 1. The molecule has 0 amide bonds. The molecule has 1 aromatic carbocycles. The van der Waals surface area contributed by atoms with Crippen LogP contribution < -0.4 is 15.3 Å². The highest BCUT2D eigenvalue weighted by molar-refractivity contribution is 7.52. The number of carbonyl (C=O) groups is 1. The van der Waals surface area contributed by atoms with E-state index in [0.29, 0.717) is 5.52 Å². The second-order valence-corrected chi connectivity index (χ2v) is 10.8. The monoisotopic (exact) mass is 560 g/mol. The van der Waals surface area contributed by atoms with Crippen molar-refractivity contribution in [2.75, 3.05) is 12.3 Å². The predicted octanol–water partition coefficient (Wildman–Crippen LogP) is 1.16. The Hall–Kier alpha value is -3.57. The molecule has 4 rings (SSSR count). The summed E-state index contributed by atoms with van der Waals surface area (Å²) in [4.78, 5) is 24.5. The largest absolute Gasteiger partial charge is 0.462 e. The minimum atomic E-state index is -4.28. The fourth-order valence-corrected chi connectivity index (χ4v) is 5.36. The Kier molecular flexibility index (Phi) is 8.22. The summed E-state index contributed by atoms with van der Waals surface area (Å²) in [5.41, 5.74) is 3.98. The zero-order valence-electron chi connectivity index (χ0n) is 21.4. The summed E-state index contributed by atoms with van der Waals surface area (Å²) in [6.45, 7) is 4.22. The Morgan fingerprint density at radius 1 is 1.33 bits per heavy atom. The number of fused-ring (bicyclic) bond motifs is 1. The first-order valence-electron chi connectivity index (χ1n) is 11.9. The second-order valence-electron chi connectivity index (χ2n) is 9.06. The lowest BCUT2D eigenvalue weighted by Crippen LogP contribution is -2.46. The van der Waals surface area contributed by atoms with Crippen molar-refractivity contribution in [3.8, 4) is 18.1 Å². The van der Waals surface area contributed by atoms with Crippen LogP contribution in [0, 0.1) is 12.3 Å². The molecule has 1 aliphatic rings. The number of imidazole rings is 1. The van der Waals surface area contributed by atoms with E-state index >= 15 is 0 Å². The number of hydrogen-bond acceptors (Lipinski definition) is 12. The van der Waals surface area contributed by atoms with Gasteiger partial charge >= 0.3 is 13.7 Å². The number of hydrogen-bond donors (Lipinski definition) is 4. The Balaban J connectivity index is 1.57. The van der Waals surface area contributed by atoms with E-state index in [-0.39, 0.29) is 17.3 Å². The van der Waals surface area contributed by atoms with Crippen LogP contribution >= 0.6 is 7.75 Å². The molecular weight excluding hydrogens is 531 g/mol. The molecule has 39 heavy (non-hydrogen) atoms. The summed E-state index contributed by atoms with van der Waals surface area (Å²) < 4.78 is 37.3. The number of ether oxygens (including phenoxy) is 2. The van der Waals surface area contributed by atoms with Crippen molar-refractivity contribution >= 4 is 30.8 Å². The van der Waals surface area contributed by atoms with Crippen LogP contribution in [0.2, 0.25) is 0 Å². The van der Waals surface area contributed by atoms with Gasteiger partial charge in [-0.1, -0.05) is 24.1 Å². The minimum absolute atomic E-state index is 0.0536. The van der Waals surface area contributed by atoms with Gasteiger partial charge in [-0.15, -0.1) is 6.42 Å². The van der Waals surface area contributed by atoms with Gasteiger partial charge < -0.3 is 29.9 Å². The molecule has 2 aromatic heterocycles. The molecular formula is C24H29N6O8P. The third-order valence-electron chi connectivity index (χ3n) is 5.74. The number of terminal acetylenes is 1. The normalized spacial score (nSPS) is 25.2. The first-order valence-corrected chi connectivity index (χ1v) is 13.5. The van der Waals surface area contributed by atoms with Crippen LogP contribution in [0.3, 0.4) is 0 Å². The number of nitrogen functional groups attached to an aromatic ring is 1. The van der Waals surface area contributed by atoms with Gasteiger partial charge in [0.05, 0.1) is 25.2 Å². The van der Waals surface area contributed by atoms with Crippen molar-refractivity contribution in [2.24, 2.45) is 0 Å². The number of esters is 1. The van der Waals surface area contributed by atoms with Gasteiger partial charge in [-0.25, -0.2) is 14.5 Å². The number of benzene rings is 1. The van der Waals surface area contributed by atoms with E-state index in [4.69, 9.17) is 30.7 Å². The van der Waals surface area contributed by atoms with Crippen molar-refractivity contribution in [1.82, 2.24) is 24.6 Å². The van der Waals surface area contributed by atoms with Crippen LogP contribution in [-0.4, -0.2) is 72.3 Å². The molecule has 15 heteroatoms. The fourth-order valence-electron chi connectivity index (χ4n) is 3.86. The summed E-state index contributed by atoms with van der Waals surface area (Å²) >= 11 is 0. The maximum Gasteiger partial charge on any atom is 0.459 e. The summed E-state index contributed by atoms with van der Waals surface area (Å²) in [6.07, 6.45) is 3.52. The molecule has 1 aliphatic heterocycles. The van der Waals surface area contributed by atoms with Crippen molar-refractivity contribution in [3.63, 3.8) is 0 Å². The maximum absolute atomic E-state index is 13.8. The number of aliphatic hydroxyl groups is 2. The molecule has 1 fully saturated rings. The number of nitrogens with zero attached hydrogens (tertiary/aromatic N) is 4. The highest BCUT2D eigenvalue weighted by Gasteiger charge is 2.56.